The fourth-order valence-corrected chi connectivity index (χ4v) is 2.49. The van der Waals surface area contributed by atoms with Crippen molar-refractivity contribution in [3.63, 3.8) is 0 Å². The van der Waals surface area contributed by atoms with Gasteiger partial charge in [0.05, 0.1) is 6.61 Å². The number of benzene rings is 2. The Hall–Kier alpha value is -1.60. The summed E-state index contributed by atoms with van der Waals surface area (Å²) < 4.78 is 0. The van der Waals surface area contributed by atoms with E-state index in [1.165, 1.54) is 16.7 Å². The molecule has 0 unspecified atom stereocenters. The lowest BCUT2D eigenvalue weighted by Gasteiger charge is -2.12. The Balaban J connectivity index is 2.50. The molecule has 0 bridgehead atoms. The van der Waals surface area contributed by atoms with Gasteiger partial charge in [0.25, 0.3) is 0 Å². The van der Waals surface area contributed by atoms with E-state index in [2.05, 4.69) is 64.1 Å². The summed E-state index contributed by atoms with van der Waals surface area (Å²) in [5.74, 6) is 0.541. The van der Waals surface area contributed by atoms with Gasteiger partial charge < -0.3 is 5.11 Å². The Kier molecular flexibility index (Phi) is 4.06. The fourth-order valence-electron chi connectivity index (χ4n) is 2.49. The van der Waals surface area contributed by atoms with Crippen LogP contribution >= 0.6 is 0 Å². The first kappa shape index (κ1) is 13.8. The smallest absolute Gasteiger partial charge is 0.0686 e. The lowest BCUT2D eigenvalue weighted by atomic mass is 9.93. The van der Waals surface area contributed by atoms with Crippen LogP contribution in [0.25, 0.3) is 11.1 Å². The van der Waals surface area contributed by atoms with Gasteiger partial charge in [-0.15, -0.1) is 0 Å². The van der Waals surface area contributed by atoms with Crippen molar-refractivity contribution in [2.75, 3.05) is 0 Å². The molecule has 100 valence electrons. The molecule has 1 N–H and O–H groups in total. The number of hydrogen-bond acceptors (Lipinski definition) is 1. The van der Waals surface area contributed by atoms with E-state index in [4.69, 9.17) is 0 Å². The average molecular weight is 254 g/mol. The van der Waals surface area contributed by atoms with Crippen LogP contribution in [0.15, 0.2) is 36.4 Å². The van der Waals surface area contributed by atoms with Crippen LogP contribution in [0.2, 0.25) is 0 Å². The van der Waals surface area contributed by atoms with Crippen LogP contribution in [0.3, 0.4) is 0 Å². The first-order valence-electron chi connectivity index (χ1n) is 6.84. The maximum Gasteiger partial charge on any atom is 0.0686 e. The summed E-state index contributed by atoms with van der Waals surface area (Å²) in [4.78, 5) is 0. The summed E-state index contributed by atoms with van der Waals surface area (Å²) in [7, 11) is 0. The number of aliphatic hydroxyl groups is 1. The van der Waals surface area contributed by atoms with Crippen LogP contribution in [-0.4, -0.2) is 5.11 Å². The van der Waals surface area contributed by atoms with Crippen molar-refractivity contribution in [2.24, 2.45) is 0 Å². The van der Waals surface area contributed by atoms with Gasteiger partial charge in [0, 0.05) is 0 Å². The number of aryl methyl sites for hydroxylation is 2. The molecule has 0 saturated heterocycles. The largest absolute Gasteiger partial charge is 0.392 e. The summed E-state index contributed by atoms with van der Waals surface area (Å²) >= 11 is 0. The summed E-state index contributed by atoms with van der Waals surface area (Å²) in [6.45, 7) is 8.67. The van der Waals surface area contributed by atoms with Crippen molar-refractivity contribution >= 4 is 0 Å². The van der Waals surface area contributed by atoms with Gasteiger partial charge in [-0.3, -0.25) is 0 Å². The zero-order chi connectivity index (χ0) is 14.0. The van der Waals surface area contributed by atoms with E-state index in [1.807, 2.05) is 0 Å². The van der Waals surface area contributed by atoms with Gasteiger partial charge in [-0.05, 0) is 53.1 Å². The van der Waals surface area contributed by atoms with E-state index in [0.29, 0.717) is 5.92 Å². The molecule has 0 amide bonds. The highest BCUT2D eigenvalue weighted by Crippen LogP contribution is 2.27. The molecule has 1 nitrogen and oxygen atoms in total. The van der Waals surface area contributed by atoms with Crippen molar-refractivity contribution in [3.05, 3.63) is 58.7 Å². The minimum Gasteiger partial charge on any atom is -0.392 e. The lowest BCUT2D eigenvalue weighted by Crippen LogP contribution is -1.95. The molecule has 0 aliphatic heterocycles. The van der Waals surface area contributed by atoms with Crippen LogP contribution in [0.1, 0.15) is 42.0 Å². The molecule has 0 aromatic heterocycles. The number of aliphatic hydroxyl groups excluding tert-OH is 1. The Morgan fingerprint density at radius 2 is 1.58 bits per heavy atom. The summed E-state index contributed by atoms with van der Waals surface area (Å²) in [5, 5.41) is 9.38. The molecule has 0 radical (unpaired) electrons. The highest BCUT2D eigenvalue weighted by Gasteiger charge is 2.07. The average Bonchev–Trinajstić information content (AvgIpc) is 2.38. The minimum absolute atomic E-state index is 0.115. The van der Waals surface area contributed by atoms with Gasteiger partial charge in [-0.25, -0.2) is 0 Å². The van der Waals surface area contributed by atoms with Crippen molar-refractivity contribution in [1.82, 2.24) is 0 Å². The second-order valence-electron chi connectivity index (χ2n) is 5.53. The van der Waals surface area contributed by atoms with Crippen molar-refractivity contribution in [2.45, 2.75) is 40.2 Å². The second kappa shape index (κ2) is 5.58. The minimum atomic E-state index is 0.115. The Morgan fingerprint density at radius 3 is 2.11 bits per heavy atom. The third-order valence-electron chi connectivity index (χ3n) is 3.74. The Morgan fingerprint density at radius 1 is 0.947 bits per heavy atom. The zero-order valence-corrected chi connectivity index (χ0v) is 12.2. The van der Waals surface area contributed by atoms with Gasteiger partial charge in [0.1, 0.15) is 0 Å². The molecule has 0 fully saturated rings. The molecule has 19 heavy (non-hydrogen) atoms. The van der Waals surface area contributed by atoms with Gasteiger partial charge in [0.15, 0.2) is 0 Å². The Bertz CT molecular complexity index is 559. The fraction of sp³-hybridized carbons (Fsp3) is 0.333. The van der Waals surface area contributed by atoms with Gasteiger partial charge >= 0.3 is 0 Å². The monoisotopic (exact) mass is 254 g/mol. The Labute approximate surface area is 115 Å². The first-order valence-corrected chi connectivity index (χ1v) is 6.84. The molecule has 0 saturated carbocycles. The normalized spacial score (nSPS) is 11.1. The standard InChI is InChI=1S/C18H22O/c1-12(2)15-6-5-7-16(10-15)17-8-13(3)18(11-19)14(4)9-17/h5-10,12,19H,11H2,1-4H3. The molecular weight excluding hydrogens is 232 g/mol. The summed E-state index contributed by atoms with van der Waals surface area (Å²) in [5.41, 5.74) is 7.21. The van der Waals surface area contributed by atoms with Gasteiger partial charge in [-0.2, -0.15) is 0 Å². The van der Waals surface area contributed by atoms with E-state index < -0.39 is 0 Å². The van der Waals surface area contributed by atoms with E-state index in [1.54, 1.807) is 0 Å². The maximum absolute atomic E-state index is 9.38. The molecule has 0 aliphatic carbocycles. The van der Waals surface area contributed by atoms with E-state index in [-0.39, 0.29) is 6.61 Å². The highest BCUT2D eigenvalue weighted by molar-refractivity contribution is 5.67. The molecular formula is C18H22O. The van der Waals surface area contributed by atoms with E-state index in [9.17, 15) is 5.11 Å². The predicted molar refractivity (Wildman–Crippen MR) is 81.4 cm³/mol. The topological polar surface area (TPSA) is 20.2 Å². The molecule has 2 rings (SSSR count). The molecule has 0 atom stereocenters. The summed E-state index contributed by atoms with van der Waals surface area (Å²) in [6.07, 6.45) is 0. The van der Waals surface area contributed by atoms with E-state index in [0.717, 1.165) is 16.7 Å². The van der Waals surface area contributed by atoms with Crippen molar-refractivity contribution in [1.29, 1.82) is 0 Å². The summed E-state index contributed by atoms with van der Waals surface area (Å²) in [6, 6.07) is 13.0. The molecule has 0 aliphatic rings. The van der Waals surface area contributed by atoms with Crippen LogP contribution < -0.4 is 0 Å². The van der Waals surface area contributed by atoms with Crippen LogP contribution in [0, 0.1) is 13.8 Å². The van der Waals surface area contributed by atoms with E-state index >= 15 is 0 Å². The first-order chi connectivity index (χ1) is 9.02. The SMILES string of the molecule is Cc1cc(-c2cccc(C(C)C)c2)cc(C)c1CO. The quantitative estimate of drug-likeness (QED) is 0.849. The van der Waals surface area contributed by atoms with Crippen LogP contribution in [0.5, 0.6) is 0 Å². The van der Waals surface area contributed by atoms with Crippen molar-refractivity contribution in [3.8, 4) is 11.1 Å². The number of rotatable bonds is 3. The van der Waals surface area contributed by atoms with Gasteiger partial charge in [0.2, 0.25) is 0 Å². The maximum atomic E-state index is 9.38. The molecule has 2 aromatic carbocycles. The van der Waals surface area contributed by atoms with Crippen LogP contribution in [0.4, 0.5) is 0 Å². The third-order valence-corrected chi connectivity index (χ3v) is 3.74. The molecule has 0 spiro atoms. The molecule has 1 heteroatoms. The van der Waals surface area contributed by atoms with Crippen molar-refractivity contribution < 1.29 is 5.11 Å². The predicted octanol–water partition coefficient (Wildman–Crippen LogP) is 4.59. The molecule has 0 heterocycles. The number of hydrogen-bond donors (Lipinski definition) is 1. The highest BCUT2D eigenvalue weighted by atomic mass is 16.3. The zero-order valence-electron chi connectivity index (χ0n) is 12.2. The lowest BCUT2D eigenvalue weighted by molar-refractivity contribution is 0.280. The van der Waals surface area contributed by atoms with Gasteiger partial charge in [-0.1, -0.05) is 50.2 Å². The molecule has 2 aromatic rings. The van der Waals surface area contributed by atoms with Crippen LogP contribution in [-0.2, 0) is 6.61 Å². The third kappa shape index (κ3) is 2.87. The second-order valence-corrected chi connectivity index (χ2v) is 5.53.